The molecule has 4 nitrogen and oxygen atoms in total. The van der Waals surface area contributed by atoms with Crippen LogP contribution in [-0.4, -0.2) is 21.5 Å². The van der Waals surface area contributed by atoms with Crippen molar-refractivity contribution in [3.8, 4) is 0 Å². The van der Waals surface area contributed by atoms with E-state index in [2.05, 4.69) is 15.6 Å². The number of hydrogen-bond acceptors (Lipinski definition) is 3. The predicted octanol–water partition coefficient (Wildman–Crippen LogP) is 3.20. The van der Waals surface area contributed by atoms with Gasteiger partial charge in [0, 0.05) is 6.54 Å². The van der Waals surface area contributed by atoms with Crippen LogP contribution in [0.1, 0.15) is 0 Å². The summed E-state index contributed by atoms with van der Waals surface area (Å²) in [6.07, 6.45) is 0. The van der Waals surface area contributed by atoms with Crippen LogP contribution < -0.4 is 5.32 Å². The molecule has 0 saturated carbocycles. The number of hydrogen-bond donors (Lipinski definition) is 1. The van der Waals surface area contributed by atoms with E-state index in [1.165, 1.54) is 0 Å². The molecule has 3 rings (SSSR count). The second-order valence-corrected chi connectivity index (χ2v) is 4.62. The van der Waals surface area contributed by atoms with E-state index in [4.69, 9.17) is 11.6 Å². The molecule has 3 aromatic rings. The molecule has 0 atom stereocenters. The van der Waals surface area contributed by atoms with E-state index in [0.717, 1.165) is 34.8 Å². The van der Waals surface area contributed by atoms with E-state index >= 15 is 0 Å². The topological polar surface area (TPSA) is 42.7 Å². The van der Waals surface area contributed by atoms with Gasteiger partial charge in [0.1, 0.15) is 5.52 Å². The maximum Gasteiger partial charge on any atom is 0.113 e. The Bertz CT molecular complexity index is 692. The van der Waals surface area contributed by atoms with Gasteiger partial charge in [-0.2, -0.15) is 0 Å². The smallest absolute Gasteiger partial charge is 0.113 e. The highest BCUT2D eigenvalue weighted by Crippen LogP contribution is 2.20. The summed E-state index contributed by atoms with van der Waals surface area (Å²) in [6, 6.07) is 15.6. The van der Waals surface area contributed by atoms with Gasteiger partial charge in [-0.3, -0.25) is 0 Å². The predicted molar refractivity (Wildman–Crippen MR) is 77.5 cm³/mol. The van der Waals surface area contributed by atoms with Gasteiger partial charge in [-0.15, -0.1) is 5.10 Å². The summed E-state index contributed by atoms with van der Waals surface area (Å²) in [6.45, 7) is 1.49. The Balaban J connectivity index is 1.68. The lowest BCUT2D eigenvalue weighted by Crippen LogP contribution is -2.11. The van der Waals surface area contributed by atoms with Crippen molar-refractivity contribution in [2.45, 2.75) is 6.54 Å². The lowest BCUT2D eigenvalue weighted by molar-refractivity contribution is 0.627. The fraction of sp³-hybridized carbons (Fsp3) is 0.143. The minimum atomic E-state index is 0.728. The van der Waals surface area contributed by atoms with Gasteiger partial charge in [-0.05, 0) is 24.3 Å². The van der Waals surface area contributed by atoms with E-state index in [1.807, 2.05) is 53.2 Å². The summed E-state index contributed by atoms with van der Waals surface area (Å²) in [5, 5.41) is 12.3. The Morgan fingerprint density at radius 1 is 1.05 bits per heavy atom. The molecule has 0 amide bonds. The molecule has 0 fully saturated rings. The summed E-state index contributed by atoms with van der Waals surface area (Å²) in [5.74, 6) is 0. The number of benzene rings is 2. The molecule has 0 unspecified atom stereocenters. The minimum Gasteiger partial charge on any atom is -0.382 e. The van der Waals surface area contributed by atoms with Crippen LogP contribution in [0.4, 0.5) is 5.69 Å². The molecule has 1 aromatic heterocycles. The first-order valence-corrected chi connectivity index (χ1v) is 6.49. The van der Waals surface area contributed by atoms with Gasteiger partial charge in [0.2, 0.25) is 0 Å². The number of anilines is 1. The standard InChI is InChI=1S/C14H13ClN4/c15-11-5-1-2-6-12(11)16-9-10-19-14-8-4-3-7-13(14)17-18-19/h1-8,16H,9-10H2. The Morgan fingerprint density at radius 3 is 2.74 bits per heavy atom. The third-order valence-corrected chi connectivity index (χ3v) is 3.26. The zero-order valence-corrected chi connectivity index (χ0v) is 11.0. The highest BCUT2D eigenvalue weighted by Gasteiger charge is 2.03. The average Bonchev–Trinajstić information content (AvgIpc) is 2.85. The van der Waals surface area contributed by atoms with E-state index in [0.29, 0.717) is 0 Å². The summed E-state index contributed by atoms with van der Waals surface area (Å²) in [7, 11) is 0. The Hall–Kier alpha value is -2.07. The molecular weight excluding hydrogens is 260 g/mol. The average molecular weight is 273 g/mol. The van der Waals surface area contributed by atoms with Crippen molar-refractivity contribution in [2.24, 2.45) is 0 Å². The molecule has 0 saturated heterocycles. The zero-order chi connectivity index (χ0) is 13.1. The van der Waals surface area contributed by atoms with Crippen molar-refractivity contribution >= 4 is 28.3 Å². The molecule has 0 bridgehead atoms. The SMILES string of the molecule is Clc1ccccc1NCCn1nnc2ccccc21. The maximum absolute atomic E-state index is 6.08. The van der Waals surface area contributed by atoms with Crippen molar-refractivity contribution < 1.29 is 0 Å². The van der Waals surface area contributed by atoms with Gasteiger partial charge in [0.15, 0.2) is 0 Å². The van der Waals surface area contributed by atoms with Gasteiger partial charge in [0.25, 0.3) is 0 Å². The quantitative estimate of drug-likeness (QED) is 0.793. The summed E-state index contributed by atoms with van der Waals surface area (Å²) in [4.78, 5) is 0. The largest absolute Gasteiger partial charge is 0.382 e. The first-order valence-electron chi connectivity index (χ1n) is 6.11. The van der Waals surface area contributed by atoms with Crippen molar-refractivity contribution in [2.75, 3.05) is 11.9 Å². The number of nitrogens with one attached hydrogen (secondary N) is 1. The van der Waals surface area contributed by atoms with Crippen LogP contribution in [0.3, 0.4) is 0 Å². The van der Waals surface area contributed by atoms with Gasteiger partial charge in [0.05, 0.1) is 22.8 Å². The van der Waals surface area contributed by atoms with Crippen molar-refractivity contribution in [3.63, 3.8) is 0 Å². The van der Waals surface area contributed by atoms with Crippen molar-refractivity contribution in [1.82, 2.24) is 15.0 Å². The van der Waals surface area contributed by atoms with Gasteiger partial charge >= 0.3 is 0 Å². The van der Waals surface area contributed by atoms with Gasteiger partial charge in [-0.1, -0.05) is 41.1 Å². The van der Waals surface area contributed by atoms with Crippen LogP contribution in [0, 0.1) is 0 Å². The second-order valence-electron chi connectivity index (χ2n) is 4.21. The molecule has 0 spiro atoms. The van der Waals surface area contributed by atoms with E-state index in [1.54, 1.807) is 0 Å². The van der Waals surface area contributed by atoms with E-state index < -0.39 is 0 Å². The molecule has 19 heavy (non-hydrogen) atoms. The summed E-state index contributed by atoms with van der Waals surface area (Å²) < 4.78 is 1.89. The van der Waals surface area contributed by atoms with Crippen LogP contribution in [0.25, 0.3) is 11.0 Å². The fourth-order valence-corrected chi connectivity index (χ4v) is 2.19. The third-order valence-electron chi connectivity index (χ3n) is 2.93. The first-order chi connectivity index (χ1) is 9.34. The van der Waals surface area contributed by atoms with E-state index in [-0.39, 0.29) is 0 Å². The number of aromatic nitrogens is 3. The molecule has 0 aliphatic heterocycles. The van der Waals surface area contributed by atoms with Crippen LogP contribution in [0.15, 0.2) is 48.5 Å². The summed E-state index contributed by atoms with van der Waals surface area (Å²) >= 11 is 6.08. The zero-order valence-electron chi connectivity index (χ0n) is 10.3. The number of rotatable bonds is 4. The Morgan fingerprint density at radius 2 is 1.84 bits per heavy atom. The van der Waals surface area contributed by atoms with Crippen molar-refractivity contribution in [3.05, 3.63) is 53.6 Å². The molecule has 1 N–H and O–H groups in total. The van der Waals surface area contributed by atoms with Crippen LogP contribution >= 0.6 is 11.6 Å². The van der Waals surface area contributed by atoms with Crippen LogP contribution in [-0.2, 0) is 6.54 Å². The molecule has 0 aliphatic rings. The number of para-hydroxylation sites is 2. The lowest BCUT2D eigenvalue weighted by Gasteiger charge is -2.08. The molecular formula is C14H13ClN4. The number of fused-ring (bicyclic) bond motifs is 1. The molecule has 5 heteroatoms. The molecule has 0 radical (unpaired) electrons. The normalized spacial score (nSPS) is 10.8. The minimum absolute atomic E-state index is 0.728. The third kappa shape index (κ3) is 2.53. The monoisotopic (exact) mass is 272 g/mol. The Labute approximate surface area is 116 Å². The van der Waals surface area contributed by atoms with Gasteiger partial charge in [-0.25, -0.2) is 4.68 Å². The molecule has 1 heterocycles. The number of nitrogens with zero attached hydrogens (tertiary/aromatic N) is 3. The van der Waals surface area contributed by atoms with Gasteiger partial charge < -0.3 is 5.32 Å². The van der Waals surface area contributed by atoms with Crippen LogP contribution in [0.2, 0.25) is 5.02 Å². The first kappa shape index (κ1) is 12.0. The Kier molecular flexibility index (Phi) is 3.33. The number of halogens is 1. The van der Waals surface area contributed by atoms with Crippen molar-refractivity contribution in [1.29, 1.82) is 0 Å². The molecule has 2 aromatic carbocycles. The highest BCUT2D eigenvalue weighted by atomic mass is 35.5. The molecule has 96 valence electrons. The van der Waals surface area contributed by atoms with E-state index in [9.17, 15) is 0 Å². The van der Waals surface area contributed by atoms with Crippen LogP contribution in [0.5, 0.6) is 0 Å². The maximum atomic E-state index is 6.08. The fourth-order valence-electron chi connectivity index (χ4n) is 1.98. The summed E-state index contributed by atoms with van der Waals surface area (Å²) in [5.41, 5.74) is 2.90. The molecule has 0 aliphatic carbocycles. The highest BCUT2D eigenvalue weighted by molar-refractivity contribution is 6.33. The lowest BCUT2D eigenvalue weighted by atomic mass is 10.3. The second kappa shape index (κ2) is 5.28.